The van der Waals surface area contributed by atoms with Gasteiger partial charge in [-0.1, -0.05) is 65.2 Å². The molecule has 1 N–H and O–H groups in total. The Balaban J connectivity index is 1.96. The van der Waals surface area contributed by atoms with E-state index >= 15 is 0 Å². The summed E-state index contributed by atoms with van der Waals surface area (Å²) in [6.45, 7) is 2.01. The van der Waals surface area contributed by atoms with E-state index in [1.807, 2.05) is 49.4 Å². The highest BCUT2D eigenvalue weighted by molar-refractivity contribution is 7.13. The fourth-order valence-corrected chi connectivity index (χ4v) is 3.89. The Labute approximate surface area is 165 Å². The molecule has 0 saturated heterocycles. The predicted octanol–water partition coefficient (Wildman–Crippen LogP) is 6.22. The lowest BCUT2D eigenvalue weighted by Crippen LogP contribution is -1.99. The lowest BCUT2D eigenvalue weighted by Gasteiger charge is -2.01. The number of halogens is 2. The molecule has 0 aliphatic carbocycles. The van der Waals surface area contributed by atoms with Crippen LogP contribution in [-0.4, -0.2) is 16.1 Å². The third kappa shape index (κ3) is 4.52. The SMILES string of the molecule is Cc1ccc(-c2nc(/C=C/c3ccc(Cl)cc3Cl)sc2CC(=O)O)cc1. The molecule has 6 heteroatoms. The van der Waals surface area contributed by atoms with E-state index in [2.05, 4.69) is 4.98 Å². The van der Waals surface area contributed by atoms with Gasteiger partial charge in [0, 0.05) is 20.5 Å². The van der Waals surface area contributed by atoms with E-state index in [1.165, 1.54) is 11.3 Å². The Bertz CT molecular complexity index is 978. The van der Waals surface area contributed by atoms with E-state index in [-0.39, 0.29) is 6.42 Å². The highest BCUT2D eigenvalue weighted by atomic mass is 35.5. The summed E-state index contributed by atoms with van der Waals surface area (Å²) in [4.78, 5) is 16.6. The third-order valence-corrected chi connectivity index (χ3v) is 5.30. The minimum Gasteiger partial charge on any atom is -0.481 e. The molecule has 1 aromatic heterocycles. The number of benzene rings is 2. The standard InChI is InChI=1S/C20H15Cl2NO2S/c1-12-2-4-14(5-3-12)20-17(11-19(24)25)26-18(23-20)9-7-13-6-8-15(21)10-16(13)22/h2-10H,11H2,1H3,(H,24,25)/b9-7+. The van der Waals surface area contributed by atoms with Crippen molar-refractivity contribution >= 4 is 52.7 Å². The second kappa shape index (κ2) is 8.04. The Morgan fingerprint density at radius 3 is 2.54 bits per heavy atom. The smallest absolute Gasteiger partial charge is 0.308 e. The second-order valence-electron chi connectivity index (χ2n) is 5.76. The third-order valence-electron chi connectivity index (χ3n) is 3.72. The number of aromatic nitrogens is 1. The Kier molecular flexibility index (Phi) is 5.77. The normalized spacial score (nSPS) is 11.2. The van der Waals surface area contributed by atoms with Gasteiger partial charge in [-0.3, -0.25) is 4.79 Å². The van der Waals surface area contributed by atoms with Crippen molar-refractivity contribution in [2.45, 2.75) is 13.3 Å². The fourth-order valence-electron chi connectivity index (χ4n) is 2.43. The van der Waals surface area contributed by atoms with Crippen molar-refractivity contribution < 1.29 is 9.90 Å². The lowest BCUT2D eigenvalue weighted by atomic mass is 10.1. The minimum atomic E-state index is -0.877. The quantitative estimate of drug-likeness (QED) is 0.549. The van der Waals surface area contributed by atoms with E-state index in [4.69, 9.17) is 23.2 Å². The molecule has 0 radical (unpaired) electrons. The van der Waals surface area contributed by atoms with Crippen molar-refractivity contribution in [3.8, 4) is 11.3 Å². The number of hydrogen-bond donors (Lipinski definition) is 1. The van der Waals surface area contributed by atoms with Gasteiger partial charge in [0.15, 0.2) is 0 Å². The zero-order valence-electron chi connectivity index (χ0n) is 13.9. The van der Waals surface area contributed by atoms with Crippen molar-refractivity contribution in [3.05, 3.63) is 73.5 Å². The molecule has 132 valence electrons. The molecule has 0 atom stereocenters. The summed E-state index contributed by atoms with van der Waals surface area (Å²) < 4.78 is 0. The number of carbonyl (C=O) groups is 1. The first kappa shape index (κ1) is 18.6. The van der Waals surface area contributed by atoms with Crippen LogP contribution in [0.15, 0.2) is 42.5 Å². The van der Waals surface area contributed by atoms with Gasteiger partial charge in [0.2, 0.25) is 0 Å². The maximum absolute atomic E-state index is 11.2. The minimum absolute atomic E-state index is 0.0591. The van der Waals surface area contributed by atoms with Crippen LogP contribution in [0.3, 0.4) is 0 Å². The Morgan fingerprint density at radius 2 is 1.88 bits per heavy atom. The van der Waals surface area contributed by atoms with Gasteiger partial charge in [-0.15, -0.1) is 11.3 Å². The maximum atomic E-state index is 11.2. The van der Waals surface area contributed by atoms with Crippen LogP contribution >= 0.6 is 34.5 Å². The van der Waals surface area contributed by atoms with Gasteiger partial charge in [0.1, 0.15) is 5.01 Å². The predicted molar refractivity (Wildman–Crippen MR) is 109 cm³/mol. The molecular formula is C20H15Cl2NO2S. The van der Waals surface area contributed by atoms with Crippen LogP contribution in [0, 0.1) is 6.92 Å². The highest BCUT2D eigenvalue weighted by Gasteiger charge is 2.15. The van der Waals surface area contributed by atoms with Crippen LogP contribution in [0.5, 0.6) is 0 Å². The van der Waals surface area contributed by atoms with Crippen LogP contribution in [0.25, 0.3) is 23.4 Å². The van der Waals surface area contributed by atoms with Crippen LogP contribution in [-0.2, 0) is 11.2 Å². The summed E-state index contributed by atoms with van der Waals surface area (Å²) in [5, 5.41) is 11.0. The number of nitrogens with zero attached hydrogens (tertiary/aromatic N) is 1. The van der Waals surface area contributed by atoms with Crippen LogP contribution < -0.4 is 0 Å². The average Bonchev–Trinajstić information content (AvgIpc) is 2.97. The molecule has 1 heterocycles. The number of carboxylic acid groups (broad SMARTS) is 1. The van der Waals surface area contributed by atoms with E-state index < -0.39 is 5.97 Å². The number of hydrogen-bond acceptors (Lipinski definition) is 3. The summed E-state index contributed by atoms with van der Waals surface area (Å²) in [7, 11) is 0. The summed E-state index contributed by atoms with van der Waals surface area (Å²) in [5.74, 6) is -0.877. The van der Waals surface area contributed by atoms with E-state index in [0.29, 0.717) is 15.7 Å². The van der Waals surface area contributed by atoms with Gasteiger partial charge in [-0.2, -0.15) is 0 Å². The molecule has 0 aliphatic heterocycles. The molecule has 0 bridgehead atoms. The second-order valence-corrected chi connectivity index (χ2v) is 7.72. The van der Waals surface area contributed by atoms with Gasteiger partial charge in [0.25, 0.3) is 0 Å². The zero-order chi connectivity index (χ0) is 18.7. The number of rotatable bonds is 5. The largest absolute Gasteiger partial charge is 0.481 e. The van der Waals surface area contributed by atoms with Crippen molar-refractivity contribution in [1.29, 1.82) is 0 Å². The first-order valence-corrected chi connectivity index (χ1v) is 9.41. The molecule has 3 rings (SSSR count). The molecule has 0 fully saturated rings. The van der Waals surface area contributed by atoms with Crippen molar-refractivity contribution in [2.75, 3.05) is 0 Å². The molecule has 0 aliphatic rings. The Morgan fingerprint density at radius 1 is 1.15 bits per heavy atom. The molecule has 0 amide bonds. The van der Waals surface area contributed by atoms with Gasteiger partial charge >= 0.3 is 5.97 Å². The van der Waals surface area contributed by atoms with E-state index in [9.17, 15) is 9.90 Å². The summed E-state index contributed by atoms with van der Waals surface area (Å²) in [6.07, 6.45) is 3.63. The fraction of sp³-hybridized carbons (Fsp3) is 0.100. The van der Waals surface area contributed by atoms with Crippen LogP contribution in [0.4, 0.5) is 0 Å². The number of aryl methyl sites for hydroxylation is 1. The van der Waals surface area contributed by atoms with Crippen molar-refractivity contribution in [1.82, 2.24) is 4.98 Å². The lowest BCUT2D eigenvalue weighted by molar-refractivity contribution is -0.136. The topological polar surface area (TPSA) is 50.2 Å². The van der Waals surface area contributed by atoms with E-state index in [0.717, 1.165) is 26.6 Å². The zero-order valence-corrected chi connectivity index (χ0v) is 16.2. The van der Waals surface area contributed by atoms with Gasteiger partial charge in [-0.05, 0) is 30.7 Å². The van der Waals surface area contributed by atoms with Crippen LogP contribution in [0.1, 0.15) is 21.0 Å². The Hall–Kier alpha value is -2.14. The first-order chi connectivity index (χ1) is 12.4. The molecule has 3 nitrogen and oxygen atoms in total. The molecule has 26 heavy (non-hydrogen) atoms. The summed E-state index contributed by atoms with van der Waals surface area (Å²) in [6, 6.07) is 13.2. The van der Waals surface area contributed by atoms with Crippen molar-refractivity contribution in [2.24, 2.45) is 0 Å². The van der Waals surface area contributed by atoms with E-state index in [1.54, 1.807) is 12.1 Å². The van der Waals surface area contributed by atoms with Gasteiger partial charge in [-0.25, -0.2) is 4.98 Å². The van der Waals surface area contributed by atoms with Gasteiger partial charge < -0.3 is 5.11 Å². The molecule has 0 spiro atoms. The first-order valence-electron chi connectivity index (χ1n) is 7.84. The molecule has 2 aromatic carbocycles. The molecular weight excluding hydrogens is 389 g/mol. The summed E-state index contributed by atoms with van der Waals surface area (Å²) >= 11 is 13.5. The van der Waals surface area contributed by atoms with Gasteiger partial charge in [0.05, 0.1) is 12.1 Å². The molecule has 0 saturated carbocycles. The number of carboxylic acids is 1. The number of aliphatic carboxylic acids is 1. The maximum Gasteiger partial charge on any atom is 0.308 e. The highest BCUT2D eigenvalue weighted by Crippen LogP contribution is 2.31. The monoisotopic (exact) mass is 403 g/mol. The average molecular weight is 404 g/mol. The molecule has 0 unspecified atom stereocenters. The van der Waals surface area contributed by atoms with Crippen molar-refractivity contribution in [3.63, 3.8) is 0 Å². The number of thiazole rings is 1. The molecule has 3 aromatic rings. The summed E-state index contributed by atoms with van der Waals surface area (Å²) in [5.41, 5.74) is 3.58. The van der Waals surface area contributed by atoms with Crippen LogP contribution in [0.2, 0.25) is 10.0 Å².